The Bertz CT molecular complexity index is 1380. The average Bonchev–Trinajstić information content (AvgIpc) is 2.88. The van der Waals surface area contributed by atoms with Gasteiger partial charge < -0.3 is 15.4 Å². The Hall–Kier alpha value is -4.26. The van der Waals surface area contributed by atoms with E-state index in [0.717, 1.165) is 34.0 Å². The van der Waals surface area contributed by atoms with Crippen LogP contribution < -0.4 is 15.4 Å². The number of allylic oxidation sites excluding steroid dienone is 3. The van der Waals surface area contributed by atoms with Crippen LogP contribution in [0.15, 0.2) is 89.5 Å². The van der Waals surface area contributed by atoms with Crippen molar-refractivity contribution in [3.63, 3.8) is 0 Å². The van der Waals surface area contributed by atoms with E-state index in [9.17, 15) is 9.59 Å². The maximum absolute atomic E-state index is 13.7. The first kappa shape index (κ1) is 23.5. The summed E-state index contributed by atoms with van der Waals surface area (Å²) < 4.78 is 5.28. The Balaban J connectivity index is 1.52. The number of methoxy groups -OCH3 is 1. The summed E-state index contributed by atoms with van der Waals surface area (Å²) >= 11 is 0. The summed E-state index contributed by atoms with van der Waals surface area (Å²) in [4.78, 5) is 36.0. The molecule has 3 aromatic rings. The van der Waals surface area contributed by atoms with Gasteiger partial charge in [-0.2, -0.15) is 0 Å². The smallest absolute Gasteiger partial charge is 0.255 e. The molecule has 0 saturated heterocycles. The van der Waals surface area contributed by atoms with E-state index in [-0.39, 0.29) is 17.6 Å². The van der Waals surface area contributed by atoms with Crippen LogP contribution in [-0.2, 0) is 9.59 Å². The van der Waals surface area contributed by atoms with Crippen molar-refractivity contribution in [2.45, 2.75) is 38.5 Å². The summed E-state index contributed by atoms with van der Waals surface area (Å²) in [6.45, 7) is 3.75. The Morgan fingerprint density at radius 1 is 1.03 bits per heavy atom. The lowest BCUT2D eigenvalue weighted by Crippen LogP contribution is -2.37. The molecular formula is C29H28N4O3. The van der Waals surface area contributed by atoms with Crippen LogP contribution >= 0.6 is 0 Å². The van der Waals surface area contributed by atoms with Gasteiger partial charge in [-0.15, -0.1) is 0 Å². The van der Waals surface area contributed by atoms with Gasteiger partial charge >= 0.3 is 0 Å². The lowest BCUT2D eigenvalue weighted by molar-refractivity contribution is -0.116. The zero-order valence-corrected chi connectivity index (χ0v) is 20.5. The molecule has 5 rings (SSSR count). The van der Waals surface area contributed by atoms with Gasteiger partial charge in [-0.05, 0) is 67.6 Å². The van der Waals surface area contributed by atoms with Crippen molar-refractivity contribution in [1.82, 2.24) is 15.3 Å². The van der Waals surface area contributed by atoms with Crippen LogP contribution in [0.1, 0.15) is 48.4 Å². The third-order valence-corrected chi connectivity index (χ3v) is 6.81. The predicted molar refractivity (Wildman–Crippen MR) is 137 cm³/mol. The number of amides is 1. The number of ether oxygens (including phenoxy) is 1. The molecule has 2 aliphatic rings. The molecule has 1 aliphatic carbocycles. The molecule has 7 nitrogen and oxygen atoms in total. The van der Waals surface area contributed by atoms with Crippen LogP contribution in [-0.4, -0.2) is 28.8 Å². The summed E-state index contributed by atoms with van der Waals surface area (Å²) in [5, 5.41) is 6.34. The van der Waals surface area contributed by atoms with E-state index >= 15 is 0 Å². The summed E-state index contributed by atoms with van der Waals surface area (Å²) in [6.07, 6.45) is 4.47. The lowest BCUT2D eigenvalue weighted by Gasteiger charge is -2.37. The summed E-state index contributed by atoms with van der Waals surface area (Å²) in [5.74, 6) is 0.534. The zero-order valence-electron chi connectivity index (χ0n) is 20.5. The maximum atomic E-state index is 13.7. The number of carbonyl (C=O) groups is 2. The number of pyridine rings is 2. The molecule has 182 valence electrons. The summed E-state index contributed by atoms with van der Waals surface area (Å²) in [5.41, 5.74) is 5.43. The second-order valence-corrected chi connectivity index (χ2v) is 9.20. The molecule has 0 spiro atoms. The van der Waals surface area contributed by atoms with E-state index in [4.69, 9.17) is 4.74 Å². The molecule has 0 fully saturated rings. The van der Waals surface area contributed by atoms with Crippen LogP contribution in [0.5, 0.6) is 5.75 Å². The van der Waals surface area contributed by atoms with Crippen LogP contribution in [0.2, 0.25) is 0 Å². The fourth-order valence-electron chi connectivity index (χ4n) is 5.13. The highest BCUT2D eigenvalue weighted by Gasteiger charge is 2.41. The zero-order chi connectivity index (χ0) is 25.2. The van der Waals surface area contributed by atoms with E-state index < -0.39 is 5.92 Å². The van der Waals surface area contributed by atoms with E-state index in [1.54, 1.807) is 25.6 Å². The van der Waals surface area contributed by atoms with Gasteiger partial charge in [-0.1, -0.05) is 24.3 Å². The summed E-state index contributed by atoms with van der Waals surface area (Å²) in [7, 11) is 1.64. The summed E-state index contributed by atoms with van der Waals surface area (Å²) in [6, 6.07) is 17.1. The molecule has 2 N–H and O–H groups in total. The number of nitrogens with one attached hydrogen (secondary N) is 2. The first-order valence-corrected chi connectivity index (χ1v) is 12.0. The Labute approximate surface area is 210 Å². The normalized spacial score (nSPS) is 19.5. The average molecular weight is 481 g/mol. The van der Waals surface area contributed by atoms with E-state index in [2.05, 4.69) is 20.6 Å². The molecule has 1 amide bonds. The van der Waals surface area contributed by atoms with Gasteiger partial charge in [-0.3, -0.25) is 14.6 Å². The van der Waals surface area contributed by atoms with Gasteiger partial charge in [0.05, 0.1) is 7.11 Å². The third kappa shape index (κ3) is 4.52. The molecule has 3 heterocycles. The van der Waals surface area contributed by atoms with Gasteiger partial charge in [-0.25, -0.2) is 4.98 Å². The molecule has 1 aliphatic heterocycles. The fourth-order valence-corrected chi connectivity index (χ4v) is 5.13. The van der Waals surface area contributed by atoms with Crippen molar-refractivity contribution in [2.75, 3.05) is 12.4 Å². The van der Waals surface area contributed by atoms with E-state index in [1.165, 1.54) is 0 Å². The van der Waals surface area contributed by atoms with Crippen molar-refractivity contribution < 1.29 is 14.3 Å². The number of dihydropyridines is 1. The van der Waals surface area contributed by atoms with Gasteiger partial charge in [0.25, 0.3) is 5.91 Å². The minimum absolute atomic E-state index is 0.0323. The topological polar surface area (TPSA) is 93.2 Å². The number of hydrogen-bond acceptors (Lipinski definition) is 6. The van der Waals surface area contributed by atoms with Crippen molar-refractivity contribution >= 4 is 17.5 Å². The Kier molecular flexibility index (Phi) is 6.38. The quantitative estimate of drug-likeness (QED) is 0.545. The SMILES string of the molecule is COc1ccc(C2CC(=O)C3=C(C2)NC(C)=C(C(=O)Nc2cccc(C)n2)C3c2cccnc2)cc1. The lowest BCUT2D eigenvalue weighted by atomic mass is 9.72. The number of carbonyl (C=O) groups excluding carboxylic acids is 2. The molecule has 36 heavy (non-hydrogen) atoms. The molecular weight excluding hydrogens is 452 g/mol. The second-order valence-electron chi connectivity index (χ2n) is 9.20. The van der Waals surface area contributed by atoms with E-state index in [1.807, 2.05) is 62.4 Å². The molecule has 0 bridgehead atoms. The van der Waals surface area contributed by atoms with Gasteiger partial charge in [0, 0.05) is 53.0 Å². The number of aromatic nitrogens is 2. The third-order valence-electron chi connectivity index (χ3n) is 6.81. The van der Waals surface area contributed by atoms with Crippen LogP contribution in [0.3, 0.4) is 0 Å². The number of anilines is 1. The molecule has 7 heteroatoms. The molecule has 2 unspecified atom stereocenters. The molecule has 2 atom stereocenters. The van der Waals surface area contributed by atoms with Crippen molar-refractivity contribution in [3.8, 4) is 5.75 Å². The van der Waals surface area contributed by atoms with Crippen molar-refractivity contribution in [3.05, 3.63) is 106 Å². The van der Waals surface area contributed by atoms with E-state index in [0.29, 0.717) is 29.8 Å². The Morgan fingerprint density at radius 3 is 2.53 bits per heavy atom. The highest BCUT2D eigenvalue weighted by atomic mass is 16.5. The van der Waals surface area contributed by atoms with Crippen LogP contribution in [0.4, 0.5) is 5.82 Å². The van der Waals surface area contributed by atoms with Crippen molar-refractivity contribution in [2.24, 2.45) is 0 Å². The minimum atomic E-state index is -0.510. The van der Waals surface area contributed by atoms with Crippen LogP contribution in [0.25, 0.3) is 0 Å². The molecule has 0 saturated carbocycles. The number of benzene rings is 1. The first-order chi connectivity index (χ1) is 17.4. The number of rotatable bonds is 5. The molecule has 0 radical (unpaired) electrons. The number of aryl methyl sites for hydroxylation is 1. The van der Waals surface area contributed by atoms with Gasteiger partial charge in [0.2, 0.25) is 0 Å². The maximum Gasteiger partial charge on any atom is 0.255 e. The van der Waals surface area contributed by atoms with Crippen molar-refractivity contribution in [1.29, 1.82) is 0 Å². The van der Waals surface area contributed by atoms with Gasteiger partial charge in [0.1, 0.15) is 11.6 Å². The van der Waals surface area contributed by atoms with Crippen LogP contribution in [0, 0.1) is 6.92 Å². The second kappa shape index (κ2) is 9.77. The first-order valence-electron chi connectivity index (χ1n) is 12.0. The number of hydrogen-bond donors (Lipinski definition) is 2. The molecule has 1 aromatic carbocycles. The number of nitrogens with zero attached hydrogens (tertiary/aromatic N) is 2. The highest BCUT2D eigenvalue weighted by molar-refractivity contribution is 6.09. The minimum Gasteiger partial charge on any atom is -0.497 e. The highest BCUT2D eigenvalue weighted by Crippen LogP contribution is 2.45. The predicted octanol–water partition coefficient (Wildman–Crippen LogP) is 4.79. The Morgan fingerprint density at radius 2 is 1.83 bits per heavy atom. The molecule has 2 aromatic heterocycles. The largest absolute Gasteiger partial charge is 0.497 e. The monoisotopic (exact) mass is 480 g/mol. The fraction of sp³-hybridized carbons (Fsp3) is 0.241. The van der Waals surface area contributed by atoms with Gasteiger partial charge in [0.15, 0.2) is 5.78 Å². The number of Topliss-reactive ketones (excluding diaryl/α,β-unsaturated/α-hetero) is 1. The number of ketones is 1. The standard InChI is InChI=1S/C29H28N4O3/c1-17-6-4-8-25(31-17)33-29(35)26-18(2)32-23-14-21(19-9-11-22(36-3)12-10-19)15-24(34)28(23)27(26)20-7-5-13-30-16-20/h4-13,16,21,27,32H,14-15H2,1-3H3,(H,31,33,35).